The first-order valence-electron chi connectivity index (χ1n) is 6.00. The van der Waals surface area contributed by atoms with Gasteiger partial charge in [-0.25, -0.2) is 0 Å². The molecule has 1 aromatic heterocycles. The van der Waals surface area contributed by atoms with Crippen molar-refractivity contribution in [2.75, 3.05) is 12.3 Å². The van der Waals surface area contributed by atoms with Gasteiger partial charge in [-0.05, 0) is 36.4 Å². The fourth-order valence-electron chi connectivity index (χ4n) is 2.01. The molecule has 0 aliphatic carbocycles. The molecular formula is C14H15Cl2N3. The first kappa shape index (κ1) is 14.1. The Morgan fingerprint density at radius 1 is 1.26 bits per heavy atom. The van der Waals surface area contributed by atoms with Crippen molar-refractivity contribution >= 4 is 28.9 Å². The predicted molar refractivity (Wildman–Crippen MR) is 80.6 cm³/mol. The van der Waals surface area contributed by atoms with Gasteiger partial charge in [0.15, 0.2) is 0 Å². The number of hydrogen-bond donors (Lipinski definition) is 2. The molecule has 0 saturated heterocycles. The van der Waals surface area contributed by atoms with Crippen LogP contribution in [0.1, 0.15) is 24.1 Å². The van der Waals surface area contributed by atoms with Crippen LogP contribution in [0.3, 0.4) is 0 Å². The van der Waals surface area contributed by atoms with E-state index in [4.69, 9.17) is 28.9 Å². The maximum Gasteiger partial charge on any atom is 0.0613 e. The van der Waals surface area contributed by atoms with Crippen LogP contribution < -0.4 is 11.1 Å². The average Bonchev–Trinajstić information content (AvgIpc) is 2.36. The van der Waals surface area contributed by atoms with Gasteiger partial charge in [-0.1, -0.05) is 30.1 Å². The first-order chi connectivity index (χ1) is 9.11. The summed E-state index contributed by atoms with van der Waals surface area (Å²) in [6.45, 7) is 2.83. The van der Waals surface area contributed by atoms with Crippen molar-refractivity contribution < 1.29 is 0 Å². The van der Waals surface area contributed by atoms with E-state index >= 15 is 0 Å². The Kier molecular flexibility index (Phi) is 4.64. The molecule has 3 nitrogen and oxygen atoms in total. The summed E-state index contributed by atoms with van der Waals surface area (Å²) >= 11 is 12.1. The molecule has 0 bridgehead atoms. The summed E-state index contributed by atoms with van der Waals surface area (Å²) in [6.07, 6.45) is 3.43. The van der Waals surface area contributed by atoms with Crippen molar-refractivity contribution in [2.24, 2.45) is 0 Å². The number of pyridine rings is 1. The molecule has 0 fully saturated rings. The number of aromatic nitrogens is 1. The van der Waals surface area contributed by atoms with Crippen molar-refractivity contribution in [3.8, 4) is 0 Å². The Bertz CT molecular complexity index is 552. The van der Waals surface area contributed by atoms with Gasteiger partial charge < -0.3 is 11.1 Å². The number of anilines is 1. The molecule has 1 aromatic carbocycles. The summed E-state index contributed by atoms with van der Waals surface area (Å²) in [6, 6.07) is 7.18. The van der Waals surface area contributed by atoms with E-state index in [1.165, 1.54) is 0 Å². The number of nitrogens with zero attached hydrogens (tertiary/aromatic N) is 1. The average molecular weight is 296 g/mol. The Hall–Kier alpha value is -1.29. The lowest BCUT2D eigenvalue weighted by Crippen LogP contribution is -2.23. The molecule has 2 aromatic rings. The molecule has 100 valence electrons. The van der Waals surface area contributed by atoms with Crippen molar-refractivity contribution in [3.63, 3.8) is 0 Å². The monoisotopic (exact) mass is 295 g/mol. The highest BCUT2D eigenvalue weighted by molar-refractivity contribution is 6.34. The SMILES string of the molecule is CCNC(c1cc(Cl)cc(Cl)c1)c1cnccc1N. The fourth-order valence-corrected chi connectivity index (χ4v) is 2.55. The smallest absolute Gasteiger partial charge is 0.0613 e. The summed E-state index contributed by atoms with van der Waals surface area (Å²) in [5.41, 5.74) is 8.60. The molecule has 0 saturated carbocycles. The van der Waals surface area contributed by atoms with Crippen LogP contribution in [0.2, 0.25) is 10.0 Å². The maximum absolute atomic E-state index is 6.06. The Morgan fingerprint density at radius 3 is 2.53 bits per heavy atom. The zero-order valence-electron chi connectivity index (χ0n) is 10.5. The highest BCUT2D eigenvalue weighted by Crippen LogP contribution is 2.30. The number of benzene rings is 1. The lowest BCUT2D eigenvalue weighted by molar-refractivity contribution is 0.630. The van der Waals surface area contributed by atoms with Gasteiger partial charge in [0.25, 0.3) is 0 Å². The van der Waals surface area contributed by atoms with Crippen molar-refractivity contribution in [1.29, 1.82) is 0 Å². The zero-order chi connectivity index (χ0) is 13.8. The van der Waals surface area contributed by atoms with E-state index in [0.717, 1.165) is 17.7 Å². The van der Waals surface area contributed by atoms with E-state index in [2.05, 4.69) is 10.3 Å². The second-order valence-electron chi connectivity index (χ2n) is 4.20. The number of nitrogens with one attached hydrogen (secondary N) is 1. The number of hydrogen-bond acceptors (Lipinski definition) is 3. The lowest BCUT2D eigenvalue weighted by atomic mass is 9.99. The highest BCUT2D eigenvalue weighted by Gasteiger charge is 2.16. The molecule has 3 N–H and O–H groups in total. The summed E-state index contributed by atoms with van der Waals surface area (Å²) in [7, 11) is 0. The molecule has 0 spiro atoms. The molecular weight excluding hydrogens is 281 g/mol. The van der Waals surface area contributed by atoms with Crippen LogP contribution in [0.25, 0.3) is 0 Å². The van der Waals surface area contributed by atoms with Gasteiger partial charge in [0.2, 0.25) is 0 Å². The van der Waals surface area contributed by atoms with Crippen LogP contribution in [0.5, 0.6) is 0 Å². The molecule has 2 rings (SSSR count). The van der Waals surface area contributed by atoms with Crippen molar-refractivity contribution in [1.82, 2.24) is 10.3 Å². The highest BCUT2D eigenvalue weighted by atomic mass is 35.5. The number of rotatable bonds is 4. The van der Waals surface area contributed by atoms with Crippen LogP contribution in [0.15, 0.2) is 36.7 Å². The number of halogens is 2. The summed E-state index contributed by atoms with van der Waals surface area (Å²) in [5.74, 6) is 0. The fraction of sp³-hybridized carbons (Fsp3) is 0.214. The lowest BCUT2D eigenvalue weighted by Gasteiger charge is -2.20. The van der Waals surface area contributed by atoms with Gasteiger partial charge in [0.05, 0.1) is 6.04 Å². The van der Waals surface area contributed by atoms with Gasteiger partial charge in [-0.3, -0.25) is 4.98 Å². The summed E-state index contributed by atoms with van der Waals surface area (Å²) < 4.78 is 0. The molecule has 5 heteroatoms. The van der Waals surface area contributed by atoms with Crippen molar-refractivity contribution in [2.45, 2.75) is 13.0 Å². The van der Waals surface area contributed by atoms with E-state index in [9.17, 15) is 0 Å². The molecule has 19 heavy (non-hydrogen) atoms. The number of nitrogen functional groups attached to an aromatic ring is 1. The third kappa shape index (κ3) is 3.38. The van der Waals surface area contributed by atoms with Gasteiger partial charge >= 0.3 is 0 Å². The second-order valence-corrected chi connectivity index (χ2v) is 5.07. The minimum absolute atomic E-state index is 0.0742. The van der Waals surface area contributed by atoms with Gasteiger partial charge in [0, 0.05) is 33.7 Å². The Balaban J connectivity index is 2.48. The summed E-state index contributed by atoms with van der Waals surface area (Å²) in [5, 5.41) is 4.58. The Morgan fingerprint density at radius 2 is 1.95 bits per heavy atom. The Labute approximate surface area is 122 Å². The third-order valence-electron chi connectivity index (χ3n) is 2.82. The van der Waals surface area contributed by atoms with Crippen LogP contribution in [-0.2, 0) is 0 Å². The van der Waals surface area contributed by atoms with E-state index < -0.39 is 0 Å². The number of nitrogens with two attached hydrogens (primary N) is 1. The van der Waals surface area contributed by atoms with Crippen LogP contribution >= 0.6 is 23.2 Å². The van der Waals surface area contributed by atoms with Gasteiger partial charge in [-0.2, -0.15) is 0 Å². The molecule has 1 unspecified atom stereocenters. The van der Waals surface area contributed by atoms with Gasteiger partial charge in [-0.15, -0.1) is 0 Å². The van der Waals surface area contributed by atoms with Crippen LogP contribution in [0.4, 0.5) is 5.69 Å². The van der Waals surface area contributed by atoms with E-state index in [0.29, 0.717) is 15.7 Å². The predicted octanol–water partition coefficient (Wildman–Crippen LogP) is 3.67. The normalized spacial score (nSPS) is 12.4. The first-order valence-corrected chi connectivity index (χ1v) is 6.76. The third-order valence-corrected chi connectivity index (χ3v) is 3.26. The molecule has 1 heterocycles. The second kappa shape index (κ2) is 6.24. The standard InChI is InChI=1S/C14H15Cl2N3/c1-2-19-14(12-8-18-4-3-13(12)17)9-5-10(15)7-11(16)6-9/h3-8,14,19H,2H2,1H3,(H2,17,18). The topological polar surface area (TPSA) is 50.9 Å². The van der Waals surface area contributed by atoms with Crippen LogP contribution in [0, 0.1) is 0 Å². The molecule has 0 radical (unpaired) electrons. The molecule has 0 amide bonds. The summed E-state index contributed by atoms with van der Waals surface area (Å²) in [4.78, 5) is 4.13. The molecule has 0 aliphatic heterocycles. The van der Waals surface area contributed by atoms with E-state index in [1.54, 1.807) is 24.5 Å². The van der Waals surface area contributed by atoms with Gasteiger partial charge in [0.1, 0.15) is 0 Å². The van der Waals surface area contributed by atoms with Crippen molar-refractivity contribution in [3.05, 3.63) is 57.8 Å². The maximum atomic E-state index is 6.06. The molecule has 0 aliphatic rings. The van der Waals surface area contributed by atoms with E-state index in [1.807, 2.05) is 19.1 Å². The zero-order valence-corrected chi connectivity index (χ0v) is 12.0. The minimum Gasteiger partial charge on any atom is -0.398 e. The largest absolute Gasteiger partial charge is 0.398 e. The quantitative estimate of drug-likeness (QED) is 0.905. The minimum atomic E-state index is -0.0742. The van der Waals surface area contributed by atoms with E-state index in [-0.39, 0.29) is 6.04 Å². The molecule has 1 atom stereocenters. The van der Waals surface area contributed by atoms with Crippen LogP contribution in [-0.4, -0.2) is 11.5 Å².